The van der Waals surface area contributed by atoms with Crippen LogP contribution in [0.15, 0.2) is 18.2 Å². The van der Waals surface area contributed by atoms with Crippen molar-refractivity contribution in [2.24, 2.45) is 0 Å². The molecule has 0 saturated heterocycles. The first-order valence-electron chi connectivity index (χ1n) is 3.76. The molecule has 0 aliphatic carbocycles. The fraction of sp³-hybridized carbons (Fsp3) is 0.222. The molecule has 1 rings (SSSR count). The molecule has 76 valence electrons. The van der Waals surface area contributed by atoms with Crippen LogP contribution in [0.4, 0.5) is 8.78 Å². The predicted molar refractivity (Wildman–Crippen MR) is 44.4 cm³/mol. The average Bonchev–Trinajstić information content (AvgIpc) is 2.17. The van der Waals surface area contributed by atoms with Gasteiger partial charge in [0.2, 0.25) is 6.17 Å². The Kier molecular flexibility index (Phi) is 3.01. The zero-order valence-corrected chi connectivity index (χ0v) is 7.33. The number of carboxylic acid groups (broad SMARTS) is 1. The number of rotatable bonds is 3. The van der Waals surface area contributed by atoms with E-state index in [1.165, 1.54) is 7.11 Å². The maximum absolute atomic E-state index is 12.9. The van der Waals surface area contributed by atoms with Crippen molar-refractivity contribution in [3.8, 4) is 5.75 Å². The first kappa shape index (κ1) is 10.4. The second-order valence-electron chi connectivity index (χ2n) is 2.59. The first-order chi connectivity index (χ1) is 6.56. The molecule has 0 radical (unpaired) electrons. The minimum absolute atomic E-state index is 0.143. The van der Waals surface area contributed by atoms with Crippen LogP contribution in [0.3, 0.4) is 0 Å². The average molecular weight is 202 g/mol. The van der Waals surface area contributed by atoms with Gasteiger partial charge in [-0.3, -0.25) is 0 Å². The topological polar surface area (TPSA) is 46.5 Å². The summed E-state index contributed by atoms with van der Waals surface area (Å²) in [6.07, 6.45) is -2.16. The van der Waals surface area contributed by atoms with Gasteiger partial charge in [0.05, 0.1) is 7.11 Å². The molecule has 1 aromatic rings. The van der Waals surface area contributed by atoms with Crippen molar-refractivity contribution >= 4 is 5.97 Å². The van der Waals surface area contributed by atoms with Crippen molar-refractivity contribution in [1.29, 1.82) is 0 Å². The molecule has 0 aliphatic rings. The van der Waals surface area contributed by atoms with E-state index in [4.69, 9.17) is 5.11 Å². The summed E-state index contributed by atoms with van der Waals surface area (Å²) in [6, 6.07) is 3.05. The summed E-state index contributed by atoms with van der Waals surface area (Å²) in [5.74, 6) is -2.45. The van der Waals surface area contributed by atoms with E-state index in [-0.39, 0.29) is 11.3 Å². The Morgan fingerprint density at radius 1 is 1.57 bits per heavy atom. The summed E-state index contributed by atoms with van der Waals surface area (Å²) in [4.78, 5) is 10.3. The van der Waals surface area contributed by atoms with Gasteiger partial charge >= 0.3 is 5.97 Å². The van der Waals surface area contributed by atoms with E-state index in [0.29, 0.717) is 0 Å². The van der Waals surface area contributed by atoms with Crippen molar-refractivity contribution in [3.05, 3.63) is 29.6 Å². The first-order valence-corrected chi connectivity index (χ1v) is 3.76. The maximum Gasteiger partial charge on any atom is 0.343 e. The normalized spacial score (nSPS) is 12.2. The molecule has 0 amide bonds. The summed E-state index contributed by atoms with van der Waals surface area (Å²) >= 11 is 0. The van der Waals surface area contributed by atoms with Crippen LogP contribution in [0.1, 0.15) is 11.7 Å². The molecule has 5 heteroatoms. The summed E-state index contributed by atoms with van der Waals surface area (Å²) in [7, 11) is 1.22. The Hall–Kier alpha value is -1.65. The van der Waals surface area contributed by atoms with Gasteiger partial charge in [-0.15, -0.1) is 0 Å². The molecule has 0 bridgehead atoms. The summed E-state index contributed by atoms with van der Waals surface area (Å²) in [5, 5.41) is 8.36. The molecular formula is C9H8F2O3. The fourth-order valence-electron chi connectivity index (χ4n) is 0.977. The van der Waals surface area contributed by atoms with E-state index < -0.39 is 18.0 Å². The van der Waals surface area contributed by atoms with Crippen LogP contribution in [0.25, 0.3) is 0 Å². The molecule has 0 spiro atoms. The smallest absolute Gasteiger partial charge is 0.343 e. The predicted octanol–water partition coefficient (Wildman–Crippen LogP) is 1.93. The van der Waals surface area contributed by atoms with Gasteiger partial charge in [0.15, 0.2) is 11.6 Å². The van der Waals surface area contributed by atoms with Crippen LogP contribution in [-0.4, -0.2) is 18.2 Å². The molecule has 1 unspecified atom stereocenters. The zero-order valence-electron chi connectivity index (χ0n) is 7.33. The number of halogens is 2. The number of alkyl halides is 1. The lowest BCUT2D eigenvalue weighted by Gasteiger charge is -2.06. The van der Waals surface area contributed by atoms with Crippen LogP contribution in [0.2, 0.25) is 0 Å². The van der Waals surface area contributed by atoms with E-state index >= 15 is 0 Å². The number of carboxylic acids is 1. The Labute approximate surface area is 78.9 Å². The third kappa shape index (κ3) is 1.99. The number of carbonyl (C=O) groups is 1. The summed E-state index contributed by atoms with van der Waals surface area (Å²) in [6.45, 7) is 0. The van der Waals surface area contributed by atoms with Gasteiger partial charge in [-0.2, -0.15) is 0 Å². The van der Waals surface area contributed by atoms with E-state index in [1.807, 2.05) is 0 Å². The van der Waals surface area contributed by atoms with Crippen molar-refractivity contribution in [2.45, 2.75) is 6.17 Å². The number of aliphatic carboxylic acids is 1. The highest BCUT2D eigenvalue weighted by Crippen LogP contribution is 2.24. The molecule has 1 N–H and O–H groups in total. The molecule has 0 aromatic heterocycles. The molecule has 1 aromatic carbocycles. The Bertz CT molecular complexity index is 352. The van der Waals surface area contributed by atoms with E-state index in [2.05, 4.69) is 4.74 Å². The van der Waals surface area contributed by atoms with Gasteiger partial charge in [0.25, 0.3) is 0 Å². The Morgan fingerprint density at radius 2 is 2.21 bits per heavy atom. The van der Waals surface area contributed by atoms with Crippen molar-refractivity contribution in [3.63, 3.8) is 0 Å². The number of methoxy groups -OCH3 is 1. The van der Waals surface area contributed by atoms with Gasteiger partial charge in [-0.1, -0.05) is 6.07 Å². The van der Waals surface area contributed by atoms with Crippen LogP contribution >= 0.6 is 0 Å². The van der Waals surface area contributed by atoms with Gasteiger partial charge in [-0.05, 0) is 12.1 Å². The Balaban J connectivity index is 3.06. The SMILES string of the molecule is COc1cc(C(F)C(=O)O)ccc1F. The quantitative estimate of drug-likeness (QED) is 0.814. The minimum Gasteiger partial charge on any atom is -0.494 e. The highest BCUT2D eigenvalue weighted by atomic mass is 19.1. The van der Waals surface area contributed by atoms with Crippen molar-refractivity contribution in [2.75, 3.05) is 7.11 Å². The zero-order chi connectivity index (χ0) is 10.7. The standard InChI is InChI=1S/C9H8F2O3/c1-14-7-4-5(2-3-6(7)10)8(11)9(12)13/h2-4,8H,1H3,(H,12,13). The molecule has 0 heterocycles. The fourth-order valence-corrected chi connectivity index (χ4v) is 0.977. The lowest BCUT2D eigenvalue weighted by Crippen LogP contribution is -2.06. The number of ether oxygens (including phenoxy) is 1. The van der Waals surface area contributed by atoms with Crippen LogP contribution in [-0.2, 0) is 4.79 Å². The third-order valence-electron chi connectivity index (χ3n) is 1.68. The number of hydrogen-bond donors (Lipinski definition) is 1. The summed E-state index contributed by atoms with van der Waals surface area (Å²) in [5.41, 5.74) is -0.143. The van der Waals surface area contributed by atoms with Crippen molar-refractivity contribution in [1.82, 2.24) is 0 Å². The molecule has 14 heavy (non-hydrogen) atoms. The highest BCUT2D eigenvalue weighted by molar-refractivity contribution is 5.74. The second kappa shape index (κ2) is 4.04. The monoisotopic (exact) mass is 202 g/mol. The number of benzene rings is 1. The van der Waals surface area contributed by atoms with Gasteiger partial charge in [0, 0.05) is 5.56 Å². The van der Waals surface area contributed by atoms with E-state index in [9.17, 15) is 13.6 Å². The number of hydrogen-bond acceptors (Lipinski definition) is 2. The molecule has 0 fully saturated rings. The van der Waals surface area contributed by atoms with Gasteiger partial charge in [-0.25, -0.2) is 13.6 Å². The third-order valence-corrected chi connectivity index (χ3v) is 1.68. The van der Waals surface area contributed by atoms with Gasteiger partial charge in [0.1, 0.15) is 0 Å². The van der Waals surface area contributed by atoms with Crippen LogP contribution in [0, 0.1) is 5.82 Å². The summed E-state index contributed by atoms with van der Waals surface area (Å²) < 4.78 is 30.3. The lowest BCUT2D eigenvalue weighted by atomic mass is 10.1. The molecule has 0 saturated carbocycles. The Morgan fingerprint density at radius 3 is 2.71 bits per heavy atom. The molecule has 0 aliphatic heterocycles. The van der Waals surface area contributed by atoms with E-state index in [0.717, 1.165) is 18.2 Å². The maximum atomic E-state index is 12.9. The highest BCUT2D eigenvalue weighted by Gasteiger charge is 2.19. The largest absolute Gasteiger partial charge is 0.494 e. The minimum atomic E-state index is -2.16. The van der Waals surface area contributed by atoms with E-state index in [1.54, 1.807) is 0 Å². The molecule has 1 atom stereocenters. The van der Waals surface area contributed by atoms with Crippen molar-refractivity contribution < 1.29 is 23.4 Å². The van der Waals surface area contributed by atoms with Crippen LogP contribution in [0.5, 0.6) is 5.75 Å². The second-order valence-corrected chi connectivity index (χ2v) is 2.59. The molecule has 3 nitrogen and oxygen atoms in total. The van der Waals surface area contributed by atoms with Crippen LogP contribution < -0.4 is 4.74 Å². The lowest BCUT2D eigenvalue weighted by molar-refractivity contribution is -0.143. The van der Waals surface area contributed by atoms with Gasteiger partial charge < -0.3 is 9.84 Å². The molecular weight excluding hydrogens is 194 g/mol.